The molecular weight excluding hydrogens is 897 g/mol. The first-order valence-corrected chi connectivity index (χ1v) is 25.2. The first-order valence-electron chi connectivity index (χ1n) is 25.2. The van der Waals surface area contributed by atoms with Gasteiger partial charge < -0.3 is 0 Å². The highest BCUT2D eigenvalue weighted by molar-refractivity contribution is 6.34. The molecule has 2 aliphatic carbocycles. The van der Waals surface area contributed by atoms with E-state index in [4.69, 9.17) is 0 Å². The highest BCUT2D eigenvalue weighted by Crippen LogP contribution is 2.49. The van der Waals surface area contributed by atoms with Crippen molar-refractivity contribution in [1.29, 1.82) is 0 Å². The largest absolute Gasteiger partial charge is 0.289 e. The van der Waals surface area contributed by atoms with Crippen molar-refractivity contribution in [2.75, 3.05) is 0 Å². The van der Waals surface area contributed by atoms with Crippen molar-refractivity contribution in [3.05, 3.63) is 344 Å². The molecule has 0 amide bonds. The molecule has 0 fully saturated rings. The minimum absolute atomic E-state index is 0.0438. The van der Waals surface area contributed by atoms with Gasteiger partial charge in [-0.25, -0.2) is 0 Å². The maximum absolute atomic E-state index is 15.4. The van der Waals surface area contributed by atoms with E-state index in [0.29, 0.717) is 25.7 Å². The van der Waals surface area contributed by atoms with Crippen LogP contribution in [0.25, 0.3) is 22.3 Å². The number of carbonyl (C=O) groups excluding carboxylic acids is 2. The Morgan fingerprint density at radius 3 is 0.757 bits per heavy atom. The summed E-state index contributed by atoms with van der Waals surface area (Å²) in [5.41, 5.74) is 18.2. The zero-order valence-corrected chi connectivity index (χ0v) is 40.9. The minimum Gasteiger partial charge on any atom is -0.289 e. The summed E-state index contributed by atoms with van der Waals surface area (Å²) in [5.74, 6) is 13.4. The lowest BCUT2D eigenvalue weighted by molar-refractivity contribution is -0.112. The molecule has 0 saturated carbocycles. The zero-order valence-electron chi connectivity index (χ0n) is 40.9. The second-order valence-electron chi connectivity index (χ2n) is 18.7. The summed E-state index contributed by atoms with van der Waals surface area (Å²) < 4.78 is 0. The smallest absolute Gasteiger partial charge is 0.186 e. The van der Waals surface area contributed by atoms with Crippen molar-refractivity contribution in [3.63, 3.8) is 0 Å². The molecule has 2 aliphatic rings. The van der Waals surface area contributed by atoms with Crippen LogP contribution in [0.4, 0.5) is 0 Å². The van der Waals surface area contributed by atoms with Gasteiger partial charge in [-0.2, -0.15) is 0 Å². The van der Waals surface area contributed by atoms with Crippen LogP contribution in [0.15, 0.2) is 277 Å². The van der Waals surface area contributed by atoms with Crippen LogP contribution in [0.3, 0.4) is 0 Å². The van der Waals surface area contributed by atoms with E-state index in [1.54, 1.807) is 0 Å². The number of hydrogen-bond acceptors (Lipinski definition) is 2. The number of rotatable bonds is 12. The molecule has 2 nitrogen and oxygen atoms in total. The lowest BCUT2D eigenvalue weighted by Gasteiger charge is -2.18. The molecule has 2 heteroatoms. The summed E-state index contributed by atoms with van der Waals surface area (Å²) in [7, 11) is 0. The lowest BCUT2D eigenvalue weighted by Crippen LogP contribution is -2.08. The quantitative estimate of drug-likeness (QED) is 0.114. The van der Waals surface area contributed by atoms with Gasteiger partial charge in [-0.05, 0) is 121 Å². The molecule has 74 heavy (non-hydrogen) atoms. The van der Waals surface area contributed by atoms with E-state index >= 15 is 9.59 Å². The standard InChI is InChI=1S/C72H50O2/c73-71-63(46-55-24-11-3-12-25-55)67(59-42-38-53(39-43-59)36-34-51-20-7-1-8-21-51)69(65(71)48-57-28-15-5-16-29-57)61-32-19-33-62(50-61)70-66(49-58-30-17-6-18-31-58)72(74)64(47-56-26-13-4-14-27-56)68(70)60-44-40-54(41-45-60)37-35-52-22-9-2-10-23-52/h1-33,38-45,50H,46-49H2. The van der Waals surface area contributed by atoms with Crippen LogP contribution >= 0.6 is 0 Å². The molecule has 0 bridgehead atoms. The second kappa shape index (κ2) is 21.8. The predicted octanol–water partition coefficient (Wildman–Crippen LogP) is 15.0. The number of benzene rings is 9. The maximum Gasteiger partial charge on any atom is 0.186 e. The SMILES string of the molecule is O=C1C(Cc2ccccc2)=C(c2ccc(C#Cc3ccccc3)cc2)C(c2cccc(C3=C(Cc4ccccc4)C(=O)C(Cc4ccccc4)=C3c3ccc(C#Cc4ccccc4)cc3)c2)=C1Cc1ccccc1. The first-order chi connectivity index (χ1) is 36.5. The van der Waals surface area contributed by atoms with Crippen LogP contribution in [0, 0.1) is 23.7 Å². The lowest BCUT2D eigenvalue weighted by atomic mass is 9.85. The van der Waals surface area contributed by atoms with Crippen LogP contribution in [-0.2, 0) is 35.3 Å². The highest BCUT2D eigenvalue weighted by atomic mass is 16.1. The molecule has 0 radical (unpaired) electrons. The highest BCUT2D eigenvalue weighted by Gasteiger charge is 2.36. The van der Waals surface area contributed by atoms with Crippen LogP contribution in [0.5, 0.6) is 0 Å². The van der Waals surface area contributed by atoms with E-state index in [9.17, 15) is 0 Å². The van der Waals surface area contributed by atoms with Crippen molar-refractivity contribution >= 4 is 33.9 Å². The van der Waals surface area contributed by atoms with Crippen LogP contribution < -0.4 is 0 Å². The van der Waals surface area contributed by atoms with E-state index in [2.05, 4.69) is 145 Å². The molecule has 0 spiro atoms. The Balaban J connectivity index is 1.10. The summed E-state index contributed by atoms with van der Waals surface area (Å²) in [4.78, 5) is 30.9. The summed E-state index contributed by atoms with van der Waals surface area (Å²) in [5, 5.41) is 0. The Hall–Kier alpha value is -9.60. The van der Waals surface area contributed by atoms with Crippen LogP contribution in [0.2, 0.25) is 0 Å². The third-order valence-electron chi connectivity index (χ3n) is 13.7. The van der Waals surface area contributed by atoms with Crippen LogP contribution in [0.1, 0.15) is 66.8 Å². The maximum atomic E-state index is 15.4. The normalized spacial score (nSPS) is 13.2. The average molecular weight is 947 g/mol. The van der Waals surface area contributed by atoms with Crippen LogP contribution in [-0.4, -0.2) is 11.6 Å². The molecule has 0 heterocycles. The van der Waals surface area contributed by atoms with E-state index < -0.39 is 0 Å². The monoisotopic (exact) mass is 946 g/mol. The van der Waals surface area contributed by atoms with E-state index in [0.717, 1.165) is 111 Å². The van der Waals surface area contributed by atoms with Gasteiger partial charge in [0.25, 0.3) is 0 Å². The zero-order chi connectivity index (χ0) is 50.1. The fraction of sp³-hybridized carbons (Fsp3) is 0.0556. The topological polar surface area (TPSA) is 34.1 Å². The van der Waals surface area contributed by atoms with Gasteiger partial charge in [0.2, 0.25) is 0 Å². The summed E-state index contributed by atoms with van der Waals surface area (Å²) in [6, 6.07) is 86.3. The summed E-state index contributed by atoms with van der Waals surface area (Å²) in [6.45, 7) is 0. The Morgan fingerprint density at radius 1 is 0.230 bits per heavy atom. The molecule has 0 aromatic heterocycles. The third kappa shape index (κ3) is 10.4. The van der Waals surface area contributed by atoms with Crippen molar-refractivity contribution < 1.29 is 9.59 Å². The fourth-order valence-corrected chi connectivity index (χ4v) is 10.2. The van der Waals surface area contributed by atoms with Crippen molar-refractivity contribution in [1.82, 2.24) is 0 Å². The van der Waals surface area contributed by atoms with E-state index in [-0.39, 0.29) is 11.6 Å². The van der Waals surface area contributed by atoms with E-state index in [1.807, 2.05) is 133 Å². The third-order valence-corrected chi connectivity index (χ3v) is 13.7. The summed E-state index contributed by atoms with van der Waals surface area (Å²) >= 11 is 0. The Kier molecular flexibility index (Phi) is 13.8. The molecule has 9 aromatic rings. The molecule has 11 rings (SSSR count). The average Bonchev–Trinajstić information content (AvgIpc) is 3.88. The van der Waals surface area contributed by atoms with Crippen molar-refractivity contribution in [3.8, 4) is 23.7 Å². The fourth-order valence-electron chi connectivity index (χ4n) is 10.2. The van der Waals surface area contributed by atoms with Gasteiger partial charge in [0.15, 0.2) is 11.6 Å². The molecule has 0 N–H and O–H groups in total. The molecule has 0 aliphatic heterocycles. The van der Waals surface area contributed by atoms with E-state index in [1.165, 1.54) is 0 Å². The second-order valence-corrected chi connectivity index (χ2v) is 18.7. The molecular formula is C72H50O2. The molecule has 0 saturated heterocycles. The van der Waals surface area contributed by atoms with Gasteiger partial charge in [0.05, 0.1) is 0 Å². The van der Waals surface area contributed by atoms with Gasteiger partial charge in [0.1, 0.15) is 0 Å². The van der Waals surface area contributed by atoms with Gasteiger partial charge in [-0.15, -0.1) is 0 Å². The molecule has 350 valence electrons. The number of allylic oxidation sites excluding steroid dienone is 8. The van der Waals surface area contributed by atoms with Crippen molar-refractivity contribution in [2.24, 2.45) is 0 Å². The number of hydrogen-bond donors (Lipinski definition) is 0. The summed E-state index contributed by atoms with van der Waals surface area (Å²) in [6.07, 6.45) is 1.84. The van der Waals surface area contributed by atoms with Gasteiger partial charge >= 0.3 is 0 Å². The Bertz CT molecular complexity index is 3530. The Labute approximate surface area is 434 Å². The molecule has 9 aromatic carbocycles. The Morgan fingerprint density at radius 2 is 0.473 bits per heavy atom. The molecule has 0 unspecified atom stereocenters. The van der Waals surface area contributed by atoms with Gasteiger partial charge in [-0.3, -0.25) is 9.59 Å². The van der Waals surface area contributed by atoms with Gasteiger partial charge in [0, 0.05) is 70.2 Å². The predicted molar refractivity (Wildman–Crippen MR) is 302 cm³/mol. The molecule has 0 atom stereocenters. The first kappa shape index (κ1) is 46.8. The number of Topliss-reactive ketones (excluding diaryl/α,β-unsaturated/α-hetero) is 2. The minimum atomic E-state index is 0.0438. The number of ketones is 2. The van der Waals surface area contributed by atoms with Crippen molar-refractivity contribution in [2.45, 2.75) is 25.7 Å². The number of carbonyl (C=O) groups is 2. The van der Waals surface area contributed by atoms with Gasteiger partial charge in [-0.1, -0.05) is 224 Å².